The number of aliphatic imine (C=N–C) groups is 1. The van der Waals surface area contributed by atoms with E-state index in [9.17, 15) is 14.9 Å². The average Bonchev–Trinajstić information content (AvgIpc) is 3.20. The fourth-order valence-electron chi connectivity index (χ4n) is 2.11. The SMILES string of the molecule is C=CCSC1=NC(=Cc2ccc(-c3ccc([N+](=O)[O-])cc3Cl)o2)C(=O)S1. The van der Waals surface area contributed by atoms with Crippen LogP contribution in [0.15, 0.2) is 58.1 Å². The molecule has 26 heavy (non-hydrogen) atoms. The maximum atomic E-state index is 12.0. The van der Waals surface area contributed by atoms with Gasteiger partial charge in [0.1, 0.15) is 21.6 Å². The van der Waals surface area contributed by atoms with Crippen molar-refractivity contribution in [2.75, 3.05) is 5.75 Å². The van der Waals surface area contributed by atoms with Gasteiger partial charge < -0.3 is 4.42 Å². The number of rotatable bonds is 5. The van der Waals surface area contributed by atoms with Gasteiger partial charge in [0.25, 0.3) is 5.69 Å². The molecule has 0 amide bonds. The van der Waals surface area contributed by atoms with Crippen molar-refractivity contribution in [2.24, 2.45) is 4.99 Å². The number of benzene rings is 1. The standard InChI is InChI=1S/C17H11ClN2O4S2/c1-2-7-25-17-19-14(16(21)26-17)9-11-4-6-15(24-11)12-5-3-10(20(22)23)8-13(12)18/h2-6,8-9H,1,7H2. The van der Waals surface area contributed by atoms with Gasteiger partial charge in [0.2, 0.25) is 5.12 Å². The first-order valence-corrected chi connectivity index (χ1v) is 9.46. The average molecular weight is 407 g/mol. The fourth-order valence-corrected chi connectivity index (χ4v) is 3.98. The Morgan fingerprint density at radius 2 is 2.19 bits per heavy atom. The zero-order valence-electron chi connectivity index (χ0n) is 13.2. The van der Waals surface area contributed by atoms with E-state index in [1.54, 1.807) is 24.3 Å². The summed E-state index contributed by atoms with van der Waals surface area (Å²) in [6, 6.07) is 7.51. The molecule has 0 saturated carbocycles. The number of thioether (sulfide) groups is 2. The Balaban J connectivity index is 1.84. The number of nitro groups is 1. The lowest BCUT2D eigenvalue weighted by molar-refractivity contribution is -0.384. The van der Waals surface area contributed by atoms with Gasteiger partial charge in [-0.2, -0.15) is 0 Å². The summed E-state index contributed by atoms with van der Waals surface area (Å²) in [6.45, 7) is 3.63. The van der Waals surface area contributed by atoms with Gasteiger partial charge in [0.05, 0.1) is 9.95 Å². The van der Waals surface area contributed by atoms with Crippen molar-refractivity contribution < 1.29 is 14.1 Å². The smallest absolute Gasteiger partial charge is 0.270 e. The van der Waals surface area contributed by atoms with Crippen LogP contribution in [0.1, 0.15) is 5.76 Å². The normalized spacial score (nSPS) is 15.3. The number of nitrogens with zero attached hydrogens (tertiary/aromatic N) is 2. The predicted molar refractivity (Wildman–Crippen MR) is 106 cm³/mol. The molecule has 2 heterocycles. The number of hydrogen-bond acceptors (Lipinski definition) is 7. The summed E-state index contributed by atoms with van der Waals surface area (Å²) in [7, 11) is 0. The van der Waals surface area contributed by atoms with Crippen molar-refractivity contribution in [3.8, 4) is 11.3 Å². The molecular weight excluding hydrogens is 396 g/mol. The number of nitro benzene ring substituents is 1. The van der Waals surface area contributed by atoms with Gasteiger partial charge in [0, 0.05) is 29.5 Å². The molecule has 0 N–H and O–H groups in total. The summed E-state index contributed by atoms with van der Waals surface area (Å²) in [6.07, 6.45) is 3.30. The van der Waals surface area contributed by atoms with Gasteiger partial charge in [-0.25, -0.2) is 4.99 Å². The van der Waals surface area contributed by atoms with Crippen molar-refractivity contribution in [3.05, 3.63) is 69.6 Å². The molecule has 1 aromatic heterocycles. The summed E-state index contributed by atoms with van der Waals surface area (Å²) in [5.41, 5.74) is 0.733. The monoisotopic (exact) mass is 406 g/mol. The topological polar surface area (TPSA) is 85.7 Å². The molecule has 0 saturated heterocycles. The molecule has 2 aromatic rings. The lowest BCUT2D eigenvalue weighted by Crippen LogP contribution is -1.88. The summed E-state index contributed by atoms with van der Waals surface area (Å²) < 4.78 is 6.37. The first kappa shape index (κ1) is 18.5. The Labute approximate surface area is 162 Å². The highest BCUT2D eigenvalue weighted by Gasteiger charge is 2.22. The van der Waals surface area contributed by atoms with Crippen molar-refractivity contribution in [2.45, 2.75) is 0 Å². The fraction of sp³-hybridized carbons (Fsp3) is 0.0588. The first-order valence-electron chi connectivity index (χ1n) is 7.28. The van der Waals surface area contributed by atoms with E-state index in [-0.39, 0.29) is 15.8 Å². The molecular formula is C17H11ClN2O4S2. The number of hydrogen-bond donors (Lipinski definition) is 0. The number of halogens is 1. The van der Waals surface area contributed by atoms with E-state index in [0.29, 0.717) is 32.9 Å². The zero-order chi connectivity index (χ0) is 18.7. The lowest BCUT2D eigenvalue weighted by atomic mass is 10.1. The molecule has 9 heteroatoms. The second-order valence-electron chi connectivity index (χ2n) is 5.02. The molecule has 1 aliphatic rings. The Hall–Kier alpha value is -2.29. The Kier molecular flexibility index (Phi) is 5.65. The summed E-state index contributed by atoms with van der Waals surface area (Å²) in [5, 5.41) is 10.8. The third kappa shape index (κ3) is 4.09. The molecule has 0 fully saturated rings. The van der Waals surface area contributed by atoms with Gasteiger partial charge in [-0.05, 0) is 30.0 Å². The van der Waals surface area contributed by atoms with Crippen molar-refractivity contribution in [1.29, 1.82) is 0 Å². The summed E-state index contributed by atoms with van der Waals surface area (Å²) in [4.78, 5) is 26.5. The maximum Gasteiger partial charge on any atom is 0.270 e. The molecule has 0 bridgehead atoms. The molecule has 1 aliphatic heterocycles. The van der Waals surface area contributed by atoms with E-state index in [2.05, 4.69) is 11.6 Å². The molecule has 0 unspecified atom stereocenters. The summed E-state index contributed by atoms with van der Waals surface area (Å²) in [5.74, 6) is 1.56. The van der Waals surface area contributed by atoms with E-state index >= 15 is 0 Å². The Bertz CT molecular complexity index is 965. The van der Waals surface area contributed by atoms with Crippen molar-refractivity contribution in [1.82, 2.24) is 0 Å². The highest BCUT2D eigenvalue weighted by Crippen LogP contribution is 2.34. The third-order valence-electron chi connectivity index (χ3n) is 3.26. The zero-order valence-corrected chi connectivity index (χ0v) is 15.6. The van der Waals surface area contributed by atoms with Crippen molar-refractivity contribution in [3.63, 3.8) is 0 Å². The Morgan fingerprint density at radius 3 is 2.88 bits per heavy atom. The molecule has 132 valence electrons. The molecule has 0 aliphatic carbocycles. The molecule has 0 atom stereocenters. The van der Waals surface area contributed by atoms with E-state index in [1.165, 1.54) is 30.0 Å². The minimum absolute atomic E-state index is 0.0971. The van der Waals surface area contributed by atoms with E-state index in [4.69, 9.17) is 16.0 Å². The highest BCUT2D eigenvalue weighted by atomic mass is 35.5. The molecule has 3 rings (SSSR count). The van der Waals surface area contributed by atoms with E-state index in [1.807, 2.05) is 0 Å². The quantitative estimate of drug-likeness (QED) is 0.286. The first-order chi connectivity index (χ1) is 12.5. The van der Waals surface area contributed by atoms with E-state index in [0.717, 1.165) is 11.8 Å². The van der Waals surface area contributed by atoms with Crippen LogP contribution in [-0.4, -0.2) is 20.2 Å². The predicted octanol–water partition coefficient (Wildman–Crippen LogP) is 5.40. The van der Waals surface area contributed by atoms with Crippen LogP contribution in [0.4, 0.5) is 5.69 Å². The highest BCUT2D eigenvalue weighted by molar-refractivity contribution is 8.45. The molecule has 1 aromatic carbocycles. The maximum absolute atomic E-state index is 12.0. The van der Waals surface area contributed by atoms with Crippen LogP contribution in [0, 0.1) is 10.1 Å². The number of non-ortho nitro benzene ring substituents is 1. The second kappa shape index (κ2) is 7.94. The van der Waals surface area contributed by atoms with Crippen LogP contribution in [0.3, 0.4) is 0 Å². The van der Waals surface area contributed by atoms with E-state index < -0.39 is 4.92 Å². The van der Waals surface area contributed by atoms with Crippen LogP contribution < -0.4 is 0 Å². The molecule has 6 nitrogen and oxygen atoms in total. The van der Waals surface area contributed by atoms with Crippen LogP contribution in [-0.2, 0) is 4.79 Å². The number of furan rings is 1. The largest absolute Gasteiger partial charge is 0.457 e. The molecule has 0 radical (unpaired) electrons. The van der Waals surface area contributed by atoms with Gasteiger partial charge in [0.15, 0.2) is 0 Å². The molecule has 0 spiro atoms. The van der Waals surface area contributed by atoms with Gasteiger partial charge in [-0.3, -0.25) is 14.9 Å². The van der Waals surface area contributed by atoms with Gasteiger partial charge in [-0.15, -0.1) is 6.58 Å². The second-order valence-corrected chi connectivity index (χ2v) is 7.66. The van der Waals surface area contributed by atoms with Crippen LogP contribution in [0.2, 0.25) is 5.02 Å². The minimum Gasteiger partial charge on any atom is -0.457 e. The van der Waals surface area contributed by atoms with Crippen LogP contribution in [0.5, 0.6) is 0 Å². The van der Waals surface area contributed by atoms with Gasteiger partial charge >= 0.3 is 0 Å². The Morgan fingerprint density at radius 1 is 1.38 bits per heavy atom. The van der Waals surface area contributed by atoms with Crippen molar-refractivity contribution >= 4 is 56.4 Å². The van der Waals surface area contributed by atoms with Crippen LogP contribution in [0.25, 0.3) is 17.4 Å². The van der Waals surface area contributed by atoms with Crippen LogP contribution >= 0.6 is 35.1 Å². The lowest BCUT2D eigenvalue weighted by Gasteiger charge is -2.00. The minimum atomic E-state index is -0.517. The number of carbonyl (C=O) groups excluding carboxylic acids is 1. The summed E-state index contributed by atoms with van der Waals surface area (Å²) >= 11 is 8.62. The number of carbonyl (C=O) groups is 1. The third-order valence-corrected chi connectivity index (χ3v) is 5.58. The van der Waals surface area contributed by atoms with Gasteiger partial charge in [-0.1, -0.05) is 29.4 Å².